The Morgan fingerprint density at radius 1 is 0.545 bits per heavy atom. The van der Waals surface area contributed by atoms with E-state index in [2.05, 4.69) is 34.6 Å². The highest BCUT2D eigenvalue weighted by atomic mass is 35.5. The third-order valence-corrected chi connectivity index (χ3v) is 6.24. The van der Waals surface area contributed by atoms with Crippen LogP contribution >= 0.6 is 11.6 Å². The molecule has 0 amide bonds. The molecule has 0 aliphatic carbocycles. The molecule has 0 radical (unpaired) electrons. The van der Waals surface area contributed by atoms with Crippen LogP contribution in [-0.2, 0) is 0 Å². The van der Waals surface area contributed by atoms with Gasteiger partial charge in [0.15, 0.2) is 0 Å². The summed E-state index contributed by atoms with van der Waals surface area (Å²) in [5, 5.41) is 0. The van der Waals surface area contributed by atoms with Gasteiger partial charge in [-0.15, -0.1) is 11.6 Å². The quantitative estimate of drug-likeness (QED) is 0.208. The summed E-state index contributed by atoms with van der Waals surface area (Å²) in [6, 6.07) is 0. The maximum Gasteiger partial charge on any atom is 0.0469 e. The summed E-state index contributed by atoms with van der Waals surface area (Å²) in [5.74, 6) is 0. The van der Waals surface area contributed by atoms with Crippen LogP contribution in [0.3, 0.4) is 0 Å². The Morgan fingerprint density at radius 3 is 1.36 bits per heavy atom. The lowest BCUT2D eigenvalue weighted by Gasteiger charge is -2.40. The number of alkyl halides is 1. The van der Waals surface area contributed by atoms with Crippen LogP contribution in [0.25, 0.3) is 0 Å². The van der Waals surface area contributed by atoms with Gasteiger partial charge in [-0.05, 0) is 25.2 Å². The van der Waals surface area contributed by atoms with Gasteiger partial charge < -0.3 is 0 Å². The average Bonchev–Trinajstić information content (AvgIpc) is 2.44. The molecule has 1 heteroatoms. The number of unbranched alkanes of at least 4 members (excludes halogenated alkanes) is 10. The minimum absolute atomic E-state index is 0.0414. The molecule has 0 aromatic rings. The number of rotatable bonds is 15. The lowest BCUT2D eigenvalue weighted by molar-refractivity contribution is 0.218. The molecule has 0 aliphatic rings. The van der Waals surface area contributed by atoms with Crippen molar-refractivity contribution in [2.75, 3.05) is 0 Å². The van der Waals surface area contributed by atoms with Gasteiger partial charge in [0, 0.05) is 4.87 Å². The highest BCUT2D eigenvalue weighted by Gasteiger charge is 2.37. The summed E-state index contributed by atoms with van der Waals surface area (Å²) in [6.07, 6.45) is 19.2. The van der Waals surface area contributed by atoms with E-state index in [0.29, 0.717) is 0 Å². The third-order valence-electron chi connectivity index (χ3n) is 5.54. The molecule has 0 rings (SSSR count). The number of halogens is 1. The fraction of sp³-hybridized carbons (Fsp3) is 1.00. The van der Waals surface area contributed by atoms with Crippen LogP contribution in [0.5, 0.6) is 0 Å². The van der Waals surface area contributed by atoms with Gasteiger partial charge in [-0.25, -0.2) is 0 Å². The third kappa shape index (κ3) is 10.1. The van der Waals surface area contributed by atoms with Crippen LogP contribution in [0.1, 0.15) is 125 Å². The molecule has 0 spiro atoms. The Balaban J connectivity index is 3.53. The topological polar surface area (TPSA) is 0 Å². The second-order valence-corrected chi connectivity index (χ2v) is 8.95. The van der Waals surface area contributed by atoms with E-state index in [1.165, 1.54) is 83.5 Å². The van der Waals surface area contributed by atoms with Gasteiger partial charge in [-0.2, -0.15) is 0 Å². The van der Waals surface area contributed by atoms with Crippen molar-refractivity contribution in [3.8, 4) is 0 Å². The molecule has 134 valence electrons. The molecule has 22 heavy (non-hydrogen) atoms. The van der Waals surface area contributed by atoms with E-state index in [4.69, 9.17) is 11.6 Å². The minimum Gasteiger partial charge on any atom is -0.119 e. The molecule has 1 unspecified atom stereocenters. The maximum atomic E-state index is 6.76. The van der Waals surface area contributed by atoms with Gasteiger partial charge in [0.25, 0.3) is 0 Å². The Kier molecular flexibility index (Phi) is 12.8. The molecule has 0 aromatic carbocycles. The van der Waals surface area contributed by atoms with E-state index in [9.17, 15) is 0 Å². The van der Waals surface area contributed by atoms with Crippen molar-refractivity contribution in [2.24, 2.45) is 5.41 Å². The zero-order valence-corrected chi connectivity index (χ0v) is 17.0. The predicted molar refractivity (Wildman–Crippen MR) is 104 cm³/mol. The fourth-order valence-electron chi connectivity index (χ4n) is 3.30. The highest BCUT2D eigenvalue weighted by molar-refractivity contribution is 6.24. The van der Waals surface area contributed by atoms with Gasteiger partial charge >= 0.3 is 0 Å². The van der Waals surface area contributed by atoms with Crippen LogP contribution in [0.2, 0.25) is 0 Å². The molecule has 0 N–H and O–H groups in total. The van der Waals surface area contributed by atoms with Crippen molar-refractivity contribution in [2.45, 2.75) is 129 Å². The van der Waals surface area contributed by atoms with Gasteiger partial charge in [0.05, 0.1) is 0 Å². The zero-order valence-electron chi connectivity index (χ0n) is 16.3. The first-order valence-corrected chi connectivity index (χ1v) is 10.4. The second kappa shape index (κ2) is 12.7. The van der Waals surface area contributed by atoms with E-state index < -0.39 is 0 Å². The van der Waals surface area contributed by atoms with Crippen molar-refractivity contribution in [1.82, 2.24) is 0 Å². The molecule has 0 fully saturated rings. The molecule has 0 aromatic heterocycles. The SMILES string of the molecule is CCCCCCCCCCCCCC(C)(C)C(C)(Cl)CCC. The molecular weight excluding hydrogens is 288 g/mol. The maximum absolute atomic E-state index is 6.76. The van der Waals surface area contributed by atoms with Crippen molar-refractivity contribution in [1.29, 1.82) is 0 Å². The smallest absolute Gasteiger partial charge is 0.0469 e. The van der Waals surface area contributed by atoms with Crippen LogP contribution in [-0.4, -0.2) is 4.87 Å². The van der Waals surface area contributed by atoms with E-state index in [1.807, 2.05) is 0 Å². The van der Waals surface area contributed by atoms with Crippen molar-refractivity contribution in [3.63, 3.8) is 0 Å². The standard InChI is InChI=1S/C21H43Cl/c1-6-8-9-10-11-12-13-14-15-16-17-19-20(3,4)21(5,22)18-7-2/h6-19H2,1-5H3. The van der Waals surface area contributed by atoms with Crippen LogP contribution in [0.15, 0.2) is 0 Å². The predicted octanol–water partition coefficient (Wildman–Crippen LogP) is 8.51. The normalized spacial score (nSPS) is 15.0. The molecular formula is C21H43Cl. The summed E-state index contributed by atoms with van der Waals surface area (Å²) in [4.78, 5) is -0.0414. The molecule has 0 aliphatic heterocycles. The largest absolute Gasteiger partial charge is 0.119 e. The summed E-state index contributed by atoms with van der Waals surface area (Å²) >= 11 is 6.76. The summed E-state index contributed by atoms with van der Waals surface area (Å²) in [6.45, 7) is 11.5. The van der Waals surface area contributed by atoms with Crippen molar-refractivity contribution in [3.05, 3.63) is 0 Å². The fourth-order valence-corrected chi connectivity index (χ4v) is 3.58. The van der Waals surface area contributed by atoms with Gasteiger partial charge in [-0.3, -0.25) is 0 Å². The Hall–Kier alpha value is 0.290. The molecule has 0 heterocycles. The monoisotopic (exact) mass is 330 g/mol. The first-order chi connectivity index (χ1) is 10.4. The molecule has 1 atom stereocenters. The van der Waals surface area contributed by atoms with Gasteiger partial charge in [0.2, 0.25) is 0 Å². The lowest BCUT2D eigenvalue weighted by Crippen LogP contribution is -2.36. The van der Waals surface area contributed by atoms with Gasteiger partial charge in [-0.1, -0.05) is 105 Å². The Bertz CT molecular complexity index is 242. The zero-order chi connectivity index (χ0) is 16.9. The molecule has 0 saturated heterocycles. The lowest BCUT2D eigenvalue weighted by atomic mass is 9.73. The molecule has 0 nitrogen and oxygen atoms in total. The summed E-state index contributed by atoms with van der Waals surface area (Å²) in [5.41, 5.74) is 0.254. The Morgan fingerprint density at radius 2 is 0.955 bits per heavy atom. The molecule has 0 bridgehead atoms. The minimum atomic E-state index is -0.0414. The van der Waals surface area contributed by atoms with Crippen molar-refractivity contribution < 1.29 is 0 Å². The molecule has 0 saturated carbocycles. The van der Waals surface area contributed by atoms with E-state index in [0.717, 1.165) is 6.42 Å². The van der Waals surface area contributed by atoms with Crippen molar-refractivity contribution >= 4 is 11.6 Å². The Labute approximate surface area is 146 Å². The van der Waals surface area contributed by atoms with E-state index >= 15 is 0 Å². The first kappa shape index (κ1) is 22.3. The van der Waals surface area contributed by atoms with E-state index in [-0.39, 0.29) is 10.3 Å². The van der Waals surface area contributed by atoms with Crippen LogP contribution in [0.4, 0.5) is 0 Å². The number of hydrogen-bond acceptors (Lipinski definition) is 0. The highest BCUT2D eigenvalue weighted by Crippen LogP contribution is 2.43. The second-order valence-electron chi connectivity index (χ2n) is 8.12. The van der Waals surface area contributed by atoms with Crippen LogP contribution in [0, 0.1) is 5.41 Å². The summed E-state index contributed by atoms with van der Waals surface area (Å²) < 4.78 is 0. The van der Waals surface area contributed by atoms with E-state index in [1.54, 1.807) is 0 Å². The number of hydrogen-bond donors (Lipinski definition) is 0. The summed E-state index contributed by atoms with van der Waals surface area (Å²) in [7, 11) is 0. The van der Waals surface area contributed by atoms with Crippen LogP contribution < -0.4 is 0 Å². The first-order valence-electron chi connectivity index (χ1n) is 10.1. The average molecular weight is 331 g/mol. The van der Waals surface area contributed by atoms with Gasteiger partial charge in [0.1, 0.15) is 0 Å².